The Bertz CT molecular complexity index is 350. The van der Waals surface area contributed by atoms with Gasteiger partial charge in [0.2, 0.25) is 6.23 Å². The minimum Gasteiger partial charge on any atom is -0.413 e. The Balaban J connectivity index is 3.77. The highest BCUT2D eigenvalue weighted by Crippen LogP contribution is 2.20. The molecule has 0 rings (SSSR count). The molecule has 156 valence electrons. The number of ether oxygens (including phenoxy) is 1. The van der Waals surface area contributed by atoms with E-state index in [1.807, 2.05) is 0 Å². The molecule has 0 aliphatic heterocycles. The van der Waals surface area contributed by atoms with Crippen molar-refractivity contribution in [2.24, 2.45) is 0 Å². The van der Waals surface area contributed by atoms with Gasteiger partial charge in [0, 0.05) is 27.2 Å². The third kappa shape index (κ3) is 9.89. The zero-order valence-corrected chi connectivity index (χ0v) is 17.9. The SMILES string of the molecule is CCCCCCCCCCCCCC(=O)OC(C)[N+](C)(C(C)O)C(C)O. The normalized spacial score (nSPS) is 17.3. The summed E-state index contributed by atoms with van der Waals surface area (Å²) in [7, 11) is 1.69. The van der Waals surface area contributed by atoms with Gasteiger partial charge in [-0.3, -0.25) is 4.79 Å². The summed E-state index contributed by atoms with van der Waals surface area (Å²) in [4.78, 5) is 12.0. The van der Waals surface area contributed by atoms with E-state index in [0.29, 0.717) is 6.42 Å². The molecular formula is C21H44NO4+. The standard InChI is InChI=1S/C21H44NO4/c1-6-7-8-9-10-11-12-13-14-15-16-17-21(25)26-20(4)22(5,18(2)23)19(3)24/h18-20,23-24H,6-17H2,1-5H3/q+1. The molecule has 0 saturated heterocycles. The van der Waals surface area contributed by atoms with Gasteiger partial charge in [-0.2, -0.15) is 0 Å². The minimum absolute atomic E-state index is 0.121. The summed E-state index contributed by atoms with van der Waals surface area (Å²) in [6, 6.07) is 0. The quantitative estimate of drug-likeness (QED) is 0.178. The molecule has 0 aromatic carbocycles. The Morgan fingerprint density at radius 3 is 1.58 bits per heavy atom. The van der Waals surface area contributed by atoms with E-state index >= 15 is 0 Å². The molecule has 0 aromatic rings. The summed E-state index contributed by atoms with van der Waals surface area (Å²) in [6.45, 7) is 7.16. The average molecular weight is 375 g/mol. The molecule has 0 amide bonds. The molecule has 0 aliphatic carbocycles. The number of unbranched alkanes of at least 4 members (excludes halogenated alkanes) is 10. The summed E-state index contributed by atoms with van der Waals surface area (Å²) < 4.78 is 5.32. The van der Waals surface area contributed by atoms with E-state index in [1.165, 1.54) is 57.8 Å². The smallest absolute Gasteiger partial charge is 0.310 e. The lowest BCUT2D eigenvalue weighted by atomic mass is 10.1. The highest BCUT2D eigenvalue weighted by molar-refractivity contribution is 5.69. The van der Waals surface area contributed by atoms with E-state index in [4.69, 9.17) is 4.74 Å². The Labute approximate surface area is 161 Å². The molecule has 0 heterocycles. The van der Waals surface area contributed by atoms with Crippen molar-refractivity contribution in [3.63, 3.8) is 0 Å². The van der Waals surface area contributed by atoms with Gasteiger partial charge < -0.3 is 14.9 Å². The summed E-state index contributed by atoms with van der Waals surface area (Å²) >= 11 is 0. The van der Waals surface area contributed by atoms with Crippen LogP contribution in [0.1, 0.15) is 105 Å². The third-order valence-electron chi connectivity index (χ3n) is 5.68. The summed E-state index contributed by atoms with van der Waals surface area (Å²) in [6.07, 6.45) is 11.9. The first-order chi connectivity index (χ1) is 12.3. The van der Waals surface area contributed by atoms with E-state index in [2.05, 4.69) is 6.92 Å². The number of aliphatic hydroxyl groups excluding tert-OH is 2. The number of quaternary nitrogens is 1. The van der Waals surface area contributed by atoms with Crippen LogP contribution in [0.4, 0.5) is 0 Å². The summed E-state index contributed by atoms with van der Waals surface area (Å²) in [5.74, 6) is -0.251. The fourth-order valence-electron chi connectivity index (χ4n) is 3.22. The van der Waals surface area contributed by atoms with Crippen molar-refractivity contribution in [2.45, 2.75) is 123 Å². The average Bonchev–Trinajstić information content (AvgIpc) is 2.58. The van der Waals surface area contributed by atoms with Crippen LogP contribution < -0.4 is 0 Å². The maximum absolute atomic E-state index is 12.0. The van der Waals surface area contributed by atoms with E-state index in [9.17, 15) is 15.0 Å². The zero-order valence-electron chi connectivity index (χ0n) is 17.9. The van der Waals surface area contributed by atoms with Crippen molar-refractivity contribution in [1.29, 1.82) is 0 Å². The lowest BCUT2D eigenvalue weighted by Crippen LogP contribution is -2.62. The Morgan fingerprint density at radius 1 is 0.808 bits per heavy atom. The molecule has 0 bridgehead atoms. The number of rotatable bonds is 16. The second-order valence-corrected chi connectivity index (χ2v) is 7.86. The monoisotopic (exact) mass is 374 g/mol. The third-order valence-corrected chi connectivity index (χ3v) is 5.68. The van der Waals surface area contributed by atoms with Gasteiger partial charge in [0.15, 0.2) is 12.5 Å². The Kier molecular flexibility index (Phi) is 14.1. The van der Waals surface area contributed by atoms with Crippen molar-refractivity contribution < 1.29 is 24.2 Å². The first kappa shape index (κ1) is 25.4. The molecule has 0 aliphatic rings. The molecule has 3 atom stereocenters. The molecule has 0 spiro atoms. The zero-order chi connectivity index (χ0) is 20.0. The van der Waals surface area contributed by atoms with Crippen LogP contribution in [0.25, 0.3) is 0 Å². The number of hydrogen-bond acceptors (Lipinski definition) is 4. The topological polar surface area (TPSA) is 66.8 Å². The van der Waals surface area contributed by atoms with Crippen LogP contribution in [0.3, 0.4) is 0 Å². The lowest BCUT2D eigenvalue weighted by Gasteiger charge is -2.42. The van der Waals surface area contributed by atoms with Gasteiger partial charge in [0.25, 0.3) is 0 Å². The first-order valence-electron chi connectivity index (χ1n) is 10.7. The second kappa shape index (κ2) is 14.4. The van der Waals surface area contributed by atoms with E-state index in [-0.39, 0.29) is 10.5 Å². The number of esters is 1. The predicted octanol–water partition coefficient (Wildman–Crippen LogP) is 4.70. The highest BCUT2D eigenvalue weighted by atomic mass is 16.6. The van der Waals surface area contributed by atoms with Crippen LogP contribution in [0.2, 0.25) is 0 Å². The number of nitrogens with zero attached hydrogens (tertiary/aromatic N) is 1. The fourth-order valence-corrected chi connectivity index (χ4v) is 3.22. The van der Waals surface area contributed by atoms with Gasteiger partial charge in [0.05, 0.1) is 7.05 Å². The van der Waals surface area contributed by atoms with Crippen LogP contribution >= 0.6 is 0 Å². The molecule has 5 nitrogen and oxygen atoms in total. The highest BCUT2D eigenvalue weighted by Gasteiger charge is 2.40. The first-order valence-corrected chi connectivity index (χ1v) is 10.7. The van der Waals surface area contributed by atoms with Crippen molar-refractivity contribution in [3.8, 4) is 0 Å². The van der Waals surface area contributed by atoms with Gasteiger partial charge in [-0.05, 0) is 6.42 Å². The second-order valence-electron chi connectivity index (χ2n) is 7.86. The van der Waals surface area contributed by atoms with Crippen LogP contribution in [-0.2, 0) is 9.53 Å². The Morgan fingerprint density at radius 2 is 1.19 bits per heavy atom. The largest absolute Gasteiger partial charge is 0.413 e. The Hall–Kier alpha value is -0.650. The number of aliphatic hydroxyl groups is 2. The molecule has 3 unspecified atom stereocenters. The van der Waals surface area contributed by atoms with Gasteiger partial charge in [-0.25, -0.2) is 4.48 Å². The van der Waals surface area contributed by atoms with Gasteiger partial charge in [0.1, 0.15) is 0 Å². The maximum atomic E-state index is 12.0. The molecule has 26 heavy (non-hydrogen) atoms. The number of carbonyl (C=O) groups is 1. The molecular weight excluding hydrogens is 330 g/mol. The van der Waals surface area contributed by atoms with E-state index in [0.717, 1.165) is 12.8 Å². The van der Waals surface area contributed by atoms with Crippen LogP contribution in [0.15, 0.2) is 0 Å². The predicted molar refractivity (Wildman–Crippen MR) is 106 cm³/mol. The molecule has 0 saturated carbocycles. The number of carbonyl (C=O) groups excluding carboxylic acids is 1. The van der Waals surface area contributed by atoms with Crippen LogP contribution in [-0.4, -0.2) is 46.4 Å². The maximum Gasteiger partial charge on any atom is 0.310 e. The van der Waals surface area contributed by atoms with E-state index in [1.54, 1.807) is 27.8 Å². The van der Waals surface area contributed by atoms with E-state index < -0.39 is 18.7 Å². The van der Waals surface area contributed by atoms with Crippen molar-refractivity contribution in [1.82, 2.24) is 0 Å². The molecule has 0 aromatic heterocycles. The molecule has 0 radical (unpaired) electrons. The number of hydrogen-bond donors (Lipinski definition) is 2. The summed E-state index contributed by atoms with van der Waals surface area (Å²) in [5.41, 5.74) is 0. The van der Waals surface area contributed by atoms with Crippen LogP contribution in [0.5, 0.6) is 0 Å². The van der Waals surface area contributed by atoms with Gasteiger partial charge in [-0.1, -0.05) is 71.1 Å². The van der Waals surface area contributed by atoms with Gasteiger partial charge >= 0.3 is 5.97 Å². The van der Waals surface area contributed by atoms with Crippen molar-refractivity contribution in [3.05, 3.63) is 0 Å². The summed E-state index contributed by atoms with van der Waals surface area (Å²) in [5, 5.41) is 19.8. The lowest BCUT2D eigenvalue weighted by molar-refractivity contribution is -1.02. The van der Waals surface area contributed by atoms with Crippen molar-refractivity contribution in [2.75, 3.05) is 7.05 Å². The van der Waals surface area contributed by atoms with Crippen LogP contribution in [0, 0.1) is 0 Å². The fraction of sp³-hybridized carbons (Fsp3) is 0.952. The molecule has 5 heteroatoms. The van der Waals surface area contributed by atoms with Gasteiger partial charge in [-0.15, -0.1) is 0 Å². The molecule has 0 fully saturated rings. The van der Waals surface area contributed by atoms with Crippen molar-refractivity contribution >= 4 is 5.97 Å². The minimum atomic E-state index is -0.820. The molecule has 2 N–H and O–H groups in total.